The SMILES string of the molecule is CC(CCN(C)C)NC(=O)COC1(C)CNC1. The van der Waals surface area contributed by atoms with Crippen LogP contribution >= 0.6 is 0 Å². The Labute approximate surface area is 104 Å². The first kappa shape index (κ1) is 14.4. The lowest BCUT2D eigenvalue weighted by atomic mass is 10.0. The third-order valence-corrected chi connectivity index (χ3v) is 2.97. The van der Waals surface area contributed by atoms with Gasteiger partial charge in [0.1, 0.15) is 6.61 Å². The van der Waals surface area contributed by atoms with Crippen molar-refractivity contribution in [1.29, 1.82) is 0 Å². The summed E-state index contributed by atoms with van der Waals surface area (Å²) >= 11 is 0. The molecule has 0 spiro atoms. The molecule has 0 aromatic rings. The molecule has 0 aromatic heterocycles. The van der Waals surface area contributed by atoms with E-state index >= 15 is 0 Å². The topological polar surface area (TPSA) is 53.6 Å². The van der Waals surface area contributed by atoms with Crippen LogP contribution < -0.4 is 10.6 Å². The van der Waals surface area contributed by atoms with Crippen molar-refractivity contribution in [2.75, 3.05) is 40.3 Å². The summed E-state index contributed by atoms with van der Waals surface area (Å²) in [6.07, 6.45) is 0.956. The van der Waals surface area contributed by atoms with Crippen LogP contribution in [0.4, 0.5) is 0 Å². The van der Waals surface area contributed by atoms with E-state index in [1.807, 2.05) is 27.9 Å². The van der Waals surface area contributed by atoms with Crippen molar-refractivity contribution in [1.82, 2.24) is 15.5 Å². The minimum atomic E-state index is -0.149. The molecule has 5 heteroatoms. The van der Waals surface area contributed by atoms with E-state index in [2.05, 4.69) is 15.5 Å². The maximum absolute atomic E-state index is 11.6. The van der Waals surface area contributed by atoms with Crippen molar-refractivity contribution in [3.8, 4) is 0 Å². The summed E-state index contributed by atoms with van der Waals surface area (Å²) in [5.74, 6) is -0.0237. The maximum atomic E-state index is 11.6. The van der Waals surface area contributed by atoms with Gasteiger partial charge in [-0.2, -0.15) is 0 Å². The average molecular weight is 243 g/mol. The van der Waals surface area contributed by atoms with E-state index in [0.29, 0.717) is 0 Å². The van der Waals surface area contributed by atoms with E-state index in [9.17, 15) is 4.79 Å². The molecule has 1 atom stereocenters. The first-order valence-electron chi connectivity index (χ1n) is 6.20. The normalized spacial score (nSPS) is 19.8. The van der Waals surface area contributed by atoms with Gasteiger partial charge in [0.25, 0.3) is 0 Å². The van der Waals surface area contributed by atoms with Gasteiger partial charge in [-0.3, -0.25) is 4.79 Å². The predicted octanol–water partition coefficient (Wildman–Crippen LogP) is -0.179. The Morgan fingerprint density at radius 1 is 1.53 bits per heavy atom. The molecule has 1 unspecified atom stereocenters. The molecule has 100 valence electrons. The quantitative estimate of drug-likeness (QED) is 0.651. The fraction of sp³-hybridized carbons (Fsp3) is 0.917. The molecule has 0 radical (unpaired) electrons. The van der Waals surface area contributed by atoms with Crippen LogP contribution in [-0.4, -0.2) is 62.8 Å². The van der Waals surface area contributed by atoms with E-state index in [4.69, 9.17) is 4.74 Å². The first-order chi connectivity index (χ1) is 7.91. The summed E-state index contributed by atoms with van der Waals surface area (Å²) in [5.41, 5.74) is -0.149. The second-order valence-corrected chi connectivity index (χ2v) is 5.40. The molecule has 1 aliphatic rings. The van der Waals surface area contributed by atoms with Gasteiger partial charge in [0.05, 0.1) is 5.60 Å². The minimum absolute atomic E-state index is 0.0237. The highest BCUT2D eigenvalue weighted by atomic mass is 16.5. The molecule has 0 aliphatic carbocycles. The molecule has 17 heavy (non-hydrogen) atoms. The minimum Gasteiger partial charge on any atom is -0.363 e. The van der Waals surface area contributed by atoms with Gasteiger partial charge in [0.2, 0.25) is 5.91 Å². The lowest BCUT2D eigenvalue weighted by Gasteiger charge is -2.38. The lowest BCUT2D eigenvalue weighted by Crippen LogP contribution is -2.59. The number of hydrogen-bond donors (Lipinski definition) is 2. The van der Waals surface area contributed by atoms with Gasteiger partial charge in [0.15, 0.2) is 0 Å². The second-order valence-electron chi connectivity index (χ2n) is 5.40. The van der Waals surface area contributed by atoms with Crippen LogP contribution in [-0.2, 0) is 9.53 Å². The van der Waals surface area contributed by atoms with Crippen LogP contribution in [0.3, 0.4) is 0 Å². The Morgan fingerprint density at radius 2 is 2.18 bits per heavy atom. The predicted molar refractivity (Wildman–Crippen MR) is 68.0 cm³/mol. The Balaban J connectivity index is 2.11. The zero-order valence-corrected chi connectivity index (χ0v) is 11.4. The number of rotatable bonds is 7. The summed E-state index contributed by atoms with van der Waals surface area (Å²) in [6.45, 7) is 6.83. The van der Waals surface area contributed by atoms with Crippen molar-refractivity contribution in [3.63, 3.8) is 0 Å². The zero-order chi connectivity index (χ0) is 12.9. The number of carbonyl (C=O) groups is 1. The van der Waals surface area contributed by atoms with Gasteiger partial charge < -0.3 is 20.3 Å². The highest BCUT2D eigenvalue weighted by molar-refractivity contribution is 5.77. The Bertz CT molecular complexity index is 252. The zero-order valence-electron chi connectivity index (χ0n) is 11.4. The highest BCUT2D eigenvalue weighted by Gasteiger charge is 2.33. The number of nitrogens with zero attached hydrogens (tertiary/aromatic N) is 1. The molecule has 0 bridgehead atoms. The largest absolute Gasteiger partial charge is 0.363 e. The number of ether oxygens (including phenoxy) is 1. The van der Waals surface area contributed by atoms with Crippen LogP contribution in [0.15, 0.2) is 0 Å². The van der Waals surface area contributed by atoms with E-state index in [1.54, 1.807) is 0 Å². The lowest BCUT2D eigenvalue weighted by molar-refractivity contribution is -0.136. The van der Waals surface area contributed by atoms with Crippen LogP contribution in [0, 0.1) is 0 Å². The number of hydrogen-bond acceptors (Lipinski definition) is 4. The average Bonchev–Trinajstić information content (AvgIpc) is 2.21. The first-order valence-corrected chi connectivity index (χ1v) is 6.20. The molecule has 2 N–H and O–H groups in total. The van der Waals surface area contributed by atoms with Crippen molar-refractivity contribution in [3.05, 3.63) is 0 Å². The molecule has 0 saturated carbocycles. The van der Waals surface area contributed by atoms with Gasteiger partial charge >= 0.3 is 0 Å². The van der Waals surface area contributed by atoms with Crippen LogP contribution in [0.5, 0.6) is 0 Å². The van der Waals surface area contributed by atoms with Crippen LogP contribution in [0.2, 0.25) is 0 Å². The van der Waals surface area contributed by atoms with Crippen molar-refractivity contribution < 1.29 is 9.53 Å². The fourth-order valence-corrected chi connectivity index (χ4v) is 1.66. The molecule has 1 heterocycles. The van der Waals surface area contributed by atoms with E-state index in [0.717, 1.165) is 26.1 Å². The van der Waals surface area contributed by atoms with Gasteiger partial charge in [-0.1, -0.05) is 0 Å². The molecule has 1 aliphatic heterocycles. The molecule has 1 saturated heterocycles. The maximum Gasteiger partial charge on any atom is 0.246 e. The standard InChI is InChI=1S/C12H25N3O2/c1-10(5-6-15(3)4)14-11(16)7-17-12(2)8-13-9-12/h10,13H,5-9H2,1-4H3,(H,14,16). The molecule has 1 amide bonds. The van der Waals surface area contributed by atoms with Crippen LogP contribution in [0.25, 0.3) is 0 Å². The summed E-state index contributed by atoms with van der Waals surface area (Å²) in [4.78, 5) is 13.7. The number of amides is 1. The molecule has 1 rings (SSSR count). The van der Waals surface area contributed by atoms with E-state index in [-0.39, 0.29) is 24.2 Å². The summed E-state index contributed by atoms with van der Waals surface area (Å²) < 4.78 is 5.57. The summed E-state index contributed by atoms with van der Waals surface area (Å²) in [7, 11) is 4.06. The molecule has 5 nitrogen and oxygen atoms in total. The monoisotopic (exact) mass is 243 g/mol. The third-order valence-electron chi connectivity index (χ3n) is 2.97. The molecular formula is C12H25N3O2. The van der Waals surface area contributed by atoms with Crippen molar-refractivity contribution in [2.24, 2.45) is 0 Å². The number of carbonyl (C=O) groups excluding carboxylic acids is 1. The Kier molecular flexibility index (Phi) is 5.36. The Morgan fingerprint density at radius 3 is 2.65 bits per heavy atom. The summed E-state index contributed by atoms with van der Waals surface area (Å²) in [6, 6.07) is 0.195. The smallest absolute Gasteiger partial charge is 0.246 e. The highest BCUT2D eigenvalue weighted by Crippen LogP contribution is 2.14. The van der Waals surface area contributed by atoms with Crippen molar-refractivity contribution in [2.45, 2.75) is 31.9 Å². The fourth-order valence-electron chi connectivity index (χ4n) is 1.66. The van der Waals surface area contributed by atoms with E-state index in [1.165, 1.54) is 0 Å². The Hall–Kier alpha value is -0.650. The third kappa shape index (κ3) is 5.48. The van der Waals surface area contributed by atoms with Crippen molar-refractivity contribution >= 4 is 5.91 Å². The summed E-state index contributed by atoms with van der Waals surface area (Å²) in [5, 5.41) is 6.08. The van der Waals surface area contributed by atoms with Crippen LogP contribution in [0.1, 0.15) is 20.3 Å². The van der Waals surface area contributed by atoms with Gasteiger partial charge in [0, 0.05) is 19.1 Å². The van der Waals surface area contributed by atoms with E-state index < -0.39 is 0 Å². The van der Waals surface area contributed by atoms with Gasteiger partial charge in [-0.25, -0.2) is 0 Å². The second kappa shape index (κ2) is 6.33. The molecule has 0 aromatic carbocycles. The van der Waals surface area contributed by atoms with Gasteiger partial charge in [-0.05, 0) is 40.9 Å². The van der Waals surface area contributed by atoms with Gasteiger partial charge in [-0.15, -0.1) is 0 Å². The molecular weight excluding hydrogens is 218 g/mol. The number of nitrogens with one attached hydrogen (secondary N) is 2. The molecule has 1 fully saturated rings.